The van der Waals surface area contributed by atoms with Crippen molar-refractivity contribution in [1.29, 1.82) is 0 Å². The third kappa shape index (κ3) is 6.29. The van der Waals surface area contributed by atoms with Gasteiger partial charge in [0.15, 0.2) is 5.78 Å². The molecule has 0 aliphatic carbocycles. The van der Waals surface area contributed by atoms with E-state index < -0.39 is 5.54 Å². The summed E-state index contributed by atoms with van der Waals surface area (Å²) < 4.78 is 0. The Hall–Kier alpha value is -0.710. The van der Waals surface area contributed by atoms with Crippen molar-refractivity contribution in [3.05, 3.63) is 21.9 Å². The SMILES string of the molecule is CCCCCCC(=O)c1ccc(CCC(N)(CC)CO)s1. The lowest BCUT2D eigenvalue weighted by molar-refractivity contribution is 0.0983. The highest BCUT2D eigenvalue weighted by molar-refractivity contribution is 7.14. The second-order valence-corrected chi connectivity index (χ2v) is 7.04. The van der Waals surface area contributed by atoms with Gasteiger partial charge in [-0.15, -0.1) is 11.3 Å². The number of Topliss-reactive ketones (excluding diaryl/α,β-unsaturated/α-hetero) is 1. The average Bonchev–Trinajstić information content (AvgIpc) is 2.98. The molecule has 3 N–H and O–H groups in total. The summed E-state index contributed by atoms with van der Waals surface area (Å²) in [4.78, 5) is 14.1. The molecule has 1 aromatic rings. The molecular weight excluding hydrogens is 282 g/mol. The summed E-state index contributed by atoms with van der Waals surface area (Å²) in [6.07, 6.45) is 7.54. The third-order valence-corrected chi connectivity index (χ3v) is 5.27. The molecule has 1 unspecified atom stereocenters. The third-order valence-electron chi connectivity index (χ3n) is 4.08. The molecule has 1 heterocycles. The van der Waals surface area contributed by atoms with Crippen molar-refractivity contribution < 1.29 is 9.90 Å². The molecule has 0 aliphatic rings. The minimum Gasteiger partial charge on any atom is -0.394 e. The molecule has 0 bridgehead atoms. The molecule has 21 heavy (non-hydrogen) atoms. The van der Waals surface area contributed by atoms with Crippen LogP contribution in [0.4, 0.5) is 0 Å². The van der Waals surface area contributed by atoms with E-state index in [1.165, 1.54) is 17.7 Å². The normalized spacial score (nSPS) is 14.1. The Morgan fingerprint density at radius 1 is 1.29 bits per heavy atom. The number of hydrogen-bond donors (Lipinski definition) is 2. The van der Waals surface area contributed by atoms with E-state index in [-0.39, 0.29) is 12.4 Å². The molecule has 0 fully saturated rings. The van der Waals surface area contributed by atoms with E-state index in [4.69, 9.17) is 5.73 Å². The van der Waals surface area contributed by atoms with Gasteiger partial charge in [0.2, 0.25) is 0 Å². The maximum Gasteiger partial charge on any atom is 0.172 e. The van der Waals surface area contributed by atoms with Gasteiger partial charge in [-0.3, -0.25) is 4.79 Å². The zero-order valence-electron chi connectivity index (χ0n) is 13.4. The minimum atomic E-state index is -0.492. The number of aryl methyl sites for hydroxylation is 1. The first kappa shape index (κ1) is 18.3. The number of aliphatic hydroxyl groups is 1. The van der Waals surface area contributed by atoms with Gasteiger partial charge in [0, 0.05) is 16.8 Å². The Bertz CT molecular complexity index is 424. The van der Waals surface area contributed by atoms with Crippen LogP contribution in [0.1, 0.15) is 73.3 Å². The van der Waals surface area contributed by atoms with Crippen molar-refractivity contribution in [2.45, 2.75) is 70.8 Å². The number of ketones is 1. The van der Waals surface area contributed by atoms with Gasteiger partial charge >= 0.3 is 0 Å². The second kappa shape index (κ2) is 9.34. The molecular formula is C17H29NO2S. The quantitative estimate of drug-likeness (QED) is 0.481. The van der Waals surface area contributed by atoms with E-state index in [0.29, 0.717) is 6.42 Å². The molecule has 0 saturated carbocycles. The van der Waals surface area contributed by atoms with E-state index >= 15 is 0 Å². The molecule has 0 amide bonds. The molecule has 1 aromatic heterocycles. The number of hydrogen-bond acceptors (Lipinski definition) is 4. The van der Waals surface area contributed by atoms with E-state index in [1.54, 1.807) is 11.3 Å². The Kier molecular flexibility index (Phi) is 8.15. The number of nitrogens with two attached hydrogens (primary N) is 1. The Balaban J connectivity index is 2.43. The van der Waals surface area contributed by atoms with Crippen molar-refractivity contribution in [2.24, 2.45) is 5.73 Å². The predicted octanol–water partition coefficient (Wildman–Crippen LogP) is 3.93. The van der Waals surface area contributed by atoms with Gasteiger partial charge in [0.05, 0.1) is 11.5 Å². The molecule has 3 nitrogen and oxygen atoms in total. The van der Waals surface area contributed by atoms with Crippen LogP contribution in [0.3, 0.4) is 0 Å². The lowest BCUT2D eigenvalue weighted by Crippen LogP contribution is -2.43. The van der Waals surface area contributed by atoms with Gasteiger partial charge < -0.3 is 10.8 Å². The molecule has 0 aromatic carbocycles. The molecule has 1 atom stereocenters. The molecule has 0 aliphatic heterocycles. The first-order valence-electron chi connectivity index (χ1n) is 8.06. The monoisotopic (exact) mass is 311 g/mol. The fraction of sp³-hybridized carbons (Fsp3) is 0.706. The molecule has 1 rings (SSSR count). The number of carbonyl (C=O) groups excluding carboxylic acids is 1. The van der Waals surface area contributed by atoms with Gasteiger partial charge in [0.1, 0.15) is 0 Å². The summed E-state index contributed by atoms with van der Waals surface area (Å²) in [5.41, 5.74) is 5.60. The zero-order valence-corrected chi connectivity index (χ0v) is 14.2. The first-order chi connectivity index (χ1) is 10.0. The molecule has 4 heteroatoms. The van der Waals surface area contributed by atoms with Gasteiger partial charge in [-0.25, -0.2) is 0 Å². The maximum absolute atomic E-state index is 12.1. The zero-order chi connectivity index (χ0) is 15.7. The highest BCUT2D eigenvalue weighted by atomic mass is 32.1. The van der Waals surface area contributed by atoms with Crippen LogP contribution in [-0.4, -0.2) is 23.0 Å². The summed E-state index contributed by atoms with van der Waals surface area (Å²) >= 11 is 1.58. The average molecular weight is 311 g/mol. The first-order valence-corrected chi connectivity index (χ1v) is 8.88. The smallest absolute Gasteiger partial charge is 0.172 e. The van der Waals surface area contributed by atoms with Crippen molar-refractivity contribution in [1.82, 2.24) is 0 Å². The minimum absolute atomic E-state index is 0.0120. The topological polar surface area (TPSA) is 63.3 Å². The number of carbonyl (C=O) groups is 1. The van der Waals surface area contributed by atoms with Crippen molar-refractivity contribution in [3.63, 3.8) is 0 Å². The van der Waals surface area contributed by atoms with Crippen LogP contribution < -0.4 is 5.73 Å². The van der Waals surface area contributed by atoms with Crippen LogP contribution in [0.25, 0.3) is 0 Å². The molecule has 0 radical (unpaired) electrons. The van der Waals surface area contributed by atoms with Crippen LogP contribution in [-0.2, 0) is 6.42 Å². The van der Waals surface area contributed by atoms with Crippen LogP contribution in [0.5, 0.6) is 0 Å². The fourth-order valence-corrected chi connectivity index (χ4v) is 3.21. The van der Waals surface area contributed by atoms with Crippen molar-refractivity contribution in [3.8, 4) is 0 Å². The van der Waals surface area contributed by atoms with Gasteiger partial charge in [-0.2, -0.15) is 0 Å². The van der Waals surface area contributed by atoms with Crippen molar-refractivity contribution in [2.75, 3.05) is 6.61 Å². The van der Waals surface area contributed by atoms with E-state index in [9.17, 15) is 9.90 Å². The lowest BCUT2D eigenvalue weighted by Gasteiger charge is -2.25. The highest BCUT2D eigenvalue weighted by Gasteiger charge is 2.21. The Morgan fingerprint density at radius 2 is 2.05 bits per heavy atom. The van der Waals surface area contributed by atoms with Crippen LogP contribution >= 0.6 is 11.3 Å². The number of rotatable bonds is 11. The largest absolute Gasteiger partial charge is 0.394 e. The van der Waals surface area contributed by atoms with E-state index in [2.05, 4.69) is 6.92 Å². The number of aliphatic hydroxyl groups excluding tert-OH is 1. The number of thiophene rings is 1. The summed E-state index contributed by atoms with van der Waals surface area (Å²) in [5, 5.41) is 9.32. The predicted molar refractivity (Wildman–Crippen MR) is 90.0 cm³/mol. The van der Waals surface area contributed by atoms with E-state index in [0.717, 1.165) is 37.0 Å². The van der Waals surface area contributed by atoms with Crippen LogP contribution in [0.15, 0.2) is 12.1 Å². The van der Waals surface area contributed by atoms with Crippen LogP contribution in [0.2, 0.25) is 0 Å². The number of unbranched alkanes of at least 4 members (excludes halogenated alkanes) is 3. The molecule has 0 saturated heterocycles. The molecule has 0 spiro atoms. The molecule has 120 valence electrons. The summed E-state index contributed by atoms with van der Waals surface area (Å²) in [7, 11) is 0. The summed E-state index contributed by atoms with van der Waals surface area (Å²) in [6, 6.07) is 3.96. The van der Waals surface area contributed by atoms with Gasteiger partial charge in [-0.1, -0.05) is 33.1 Å². The van der Waals surface area contributed by atoms with E-state index in [1.807, 2.05) is 19.1 Å². The lowest BCUT2D eigenvalue weighted by atomic mass is 9.92. The highest BCUT2D eigenvalue weighted by Crippen LogP contribution is 2.23. The van der Waals surface area contributed by atoms with Crippen molar-refractivity contribution >= 4 is 17.1 Å². The van der Waals surface area contributed by atoms with Gasteiger partial charge in [-0.05, 0) is 37.8 Å². The maximum atomic E-state index is 12.1. The summed E-state index contributed by atoms with van der Waals surface area (Å²) in [5.74, 6) is 0.263. The summed E-state index contributed by atoms with van der Waals surface area (Å²) in [6.45, 7) is 4.18. The second-order valence-electron chi connectivity index (χ2n) is 5.87. The Morgan fingerprint density at radius 3 is 2.67 bits per heavy atom. The fourth-order valence-electron chi connectivity index (χ4n) is 2.24. The Labute approximate surface area is 132 Å². The standard InChI is InChI=1S/C17H29NO2S/c1-3-5-6-7-8-15(20)16-10-9-14(21-16)11-12-17(18,4-2)13-19/h9-10,19H,3-8,11-13,18H2,1-2H3. The van der Waals surface area contributed by atoms with Crippen LogP contribution in [0, 0.1) is 0 Å². The van der Waals surface area contributed by atoms with Gasteiger partial charge in [0.25, 0.3) is 0 Å².